The normalized spacial score (nSPS) is 20.1. The third-order valence-electron chi connectivity index (χ3n) is 5.36. The Balaban J connectivity index is 1.78. The van der Waals surface area contributed by atoms with Gasteiger partial charge < -0.3 is 4.90 Å². The average Bonchev–Trinajstić information content (AvgIpc) is 3.31. The highest BCUT2D eigenvalue weighted by molar-refractivity contribution is 7.15. The molecule has 5 nitrogen and oxygen atoms in total. The van der Waals surface area contributed by atoms with Crippen molar-refractivity contribution in [3.63, 3.8) is 0 Å². The maximum Gasteiger partial charge on any atom is 0.433 e. The Morgan fingerprint density at radius 1 is 1.20 bits per heavy atom. The Morgan fingerprint density at radius 3 is 2.50 bits per heavy atom. The molecule has 1 amide bonds. The number of halogens is 3. The molecule has 3 aromatic rings. The number of thiophene rings is 1. The first kappa shape index (κ1) is 20.8. The minimum atomic E-state index is -4.62. The molecule has 2 atom stereocenters. The topological polar surface area (TPSA) is 50.5 Å². The van der Waals surface area contributed by atoms with Crippen LogP contribution < -0.4 is 0 Å². The fourth-order valence-corrected chi connectivity index (χ4v) is 5.01. The van der Waals surface area contributed by atoms with Crippen LogP contribution in [0.5, 0.6) is 0 Å². The molecule has 1 saturated heterocycles. The van der Waals surface area contributed by atoms with Gasteiger partial charge in [-0.3, -0.25) is 4.79 Å². The maximum absolute atomic E-state index is 13.8. The number of aryl methyl sites for hydroxylation is 1. The number of fused-ring (bicyclic) bond motifs is 1. The molecule has 2 unspecified atom stereocenters. The first-order valence-corrected chi connectivity index (χ1v) is 10.8. The van der Waals surface area contributed by atoms with Crippen LogP contribution in [0.3, 0.4) is 0 Å². The Morgan fingerprint density at radius 2 is 1.90 bits per heavy atom. The third-order valence-corrected chi connectivity index (χ3v) is 6.61. The summed E-state index contributed by atoms with van der Waals surface area (Å²) < 4.78 is 42.1. The highest BCUT2D eigenvalue weighted by Crippen LogP contribution is 2.34. The molecule has 0 spiro atoms. The summed E-state index contributed by atoms with van der Waals surface area (Å²) in [6.07, 6.45) is -2.79. The number of carbonyl (C=O) groups excluding carboxylic acids is 1. The van der Waals surface area contributed by atoms with Crippen LogP contribution in [-0.4, -0.2) is 38.5 Å². The molecule has 3 aromatic heterocycles. The molecular weight excluding hydrogens is 413 g/mol. The van der Waals surface area contributed by atoms with Crippen molar-refractivity contribution in [2.45, 2.75) is 39.8 Å². The van der Waals surface area contributed by atoms with E-state index in [4.69, 9.17) is 0 Å². The predicted molar refractivity (Wildman–Crippen MR) is 110 cm³/mol. The molecule has 30 heavy (non-hydrogen) atoms. The first-order valence-electron chi connectivity index (χ1n) is 10.0. The Bertz CT molecular complexity index is 1080. The van der Waals surface area contributed by atoms with Crippen LogP contribution in [0.1, 0.15) is 48.3 Å². The molecule has 1 fully saturated rings. The summed E-state index contributed by atoms with van der Waals surface area (Å²) in [6, 6.07) is 6.04. The van der Waals surface area contributed by atoms with Crippen LogP contribution in [0.4, 0.5) is 13.2 Å². The van der Waals surface area contributed by atoms with Crippen molar-refractivity contribution in [2.75, 3.05) is 13.1 Å². The summed E-state index contributed by atoms with van der Waals surface area (Å²) in [5.41, 5.74) is -0.688. The predicted octanol–water partition coefficient (Wildman–Crippen LogP) is 5.16. The van der Waals surface area contributed by atoms with E-state index < -0.39 is 11.9 Å². The van der Waals surface area contributed by atoms with Gasteiger partial charge in [-0.05, 0) is 42.9 Å². The number of aromatic nitrogens is 3. The molecule has 0 aromatic carbocycles. The summed E-state index contributed by atoms with van der Waals surface area (Å²) in [7, 11) is 0. The van der Waals surface area contributed by atoms with Gasteiger partial charge in [0, 0.05) is 24.0 Å². The monoisotopic (exact) mass is 436 g/mol. The van der Waals surface area contributed by atoms with Gasteiger partial charge in [0.25, 0.3) is 5.91 Å². The fraction of sp³-hybridized carbons (Fsp3) is 0.476. The Hall–Kier alpha value is -2.42. The van der Waals surface area contributed by atoms with Crippen molar-refractivity contribution in [1.29, 1.82) is 0 Å². The van der Waals surface area contributed by atoms with E-state index >= 15 is 0 Å². The lowest BCUT2D eigenvalue weighted by atomic mass is 9.92. The van der Waals surface area contributed by atoms with Crippen molar-refractivity contribution in [2.24, 2.45) is 11.8 Å². The summed E-state index contributed by atoms with van der Waals surface area (Å²) in [6.45, 7) is 7.29. The van der Waals surface area contributed by atoms with E-state index in [-0.39, 0.29) is 22.9 Å². The number of likely N-dealkylation sites (tertiary alicyclic amines) is 1. The highest BCUT2D eigenvalue weighted by atomic mass is 32.1. The van der Waals surface area contributed by atoms with E-state index in [9.17, 15) is 18.0 Å². The minimum absolute atomic E-state index is 0.00752. The summed E-state index contributed by atoms with van der Waals surface area (Å²) in [5, 5.41) is 4.01. The van der Waals surface area contributed by atoms with Gasteiger partial charge >= 0.3 is 6.18 Å². The Kier molecular flexibility index (Phi) is 5.34. The minimum Gasteiger partial charge on any atom is -0.337 e. The zero-order valence-electron chi connectivity index (χ0n) is 17.0. The van der Waals surface area contributed by atoms with E-state index in [2.05, 4.69) is 23.9 Å². The maximum atomic E-state index is 13.8. The van der Waals surface area contributed by atoms with Gasteiger partial charge in [0.2, 0.25) is 0 Å². The van der Waals surface area contributed by atoms with Crippen molar-refractivity contribution < 1.29 is 18.0 Å². The van der Waals surface area contributed by atoms with Gasteiger partial charge in [-0.25, -0.2) is 9.50 Å². The number of hydrogen-bond donors (Lipinski definition) is 0. The zero-order valence-corrected chi connectivity index (χ0v) is 17.8. The average molecular weight is 437 g/mol. The quantitative estimate of drug-likeness (QED) is 0.570. The van der Waals surface area contributed by atoms with Crippen molar-refractivity contribution in [1.82, 2.24) is 19.5 Å². The van der Waals surface area contributed by atoms with Gasteiger partial charge in [0.15, 0.2) is 17.0 Å². The highest BCUT2D eigenvalue weighted by Gasteiger charge is 2.36. The summed E-state index contributed by atoms with van der Waals surface area (Å²) in [4.78, 5) is 20.8. The largest absolute Gasteiger partial charge is 0.433 e. The van der Waals surface area contributed by atoms with Crippen LogP contribution in [-0.2, 0) is 12.6 Å². The second kappa shape index (κ2) is 7.68. The molecule has 0 aliphatic carbocycles. The van der Waals surface area contributed by atoms with Crippen LogP contribution in [0.25, 0.3) is 16.2 Å². The number of rotatable bonds is 3. The fourth-order valence-electron chi connectivity index (χ4n) is 4.10. The Labute approximate surface area is 176 Å². The van der Waals surface area contributed by atoms with Crippen molar-refractivity contribution in [3.05, 3.63) is 40.5 Å². The van der Waals surface area contributed by atoms with Crippen LogP contribution >= 0.6 is 11.3 Å². The zero-order chi connectivity index (χ0) is 21.6. The van der Waals surface area contributed by atoms with E-state index in [0.717, 1.165) is 28.3 Å². The number of hydrogen-bond acceptors (Lipinski definition) is 4. The van der Waals surface area contributed by atoms with Gasteiger partial charge in [-0.1, -0.05) is 20.8 Å². The van der Waals surface area contributed by atoms with E-state index in [0.29, 0.717) is 29.8 Å². The lowest BCUT2D eigenvalue weighted by molar-refractivity contribution is -0.142. The van der Waals surface area contributed by atoms with Crippen LogP contribution in [0, 0.1) is 11.8 Å². The van der Waals surface area contributed by atoms with Gasteiger partial charge in [-0.2, -0.15) is 18.3 Å². The van der Waals surface area contributed by atoms with Crippen LogP contribution in [0.15, 0.2) is 24.3 Å². The standard InChI is InChI=1S/C21H23F3N4OS/c1-4-14-5-6-17(30-14)15-8-18(21(22,23)24)28-19(25-15)9-16(26-28)20(29)27-10-12(2)7-13(3)11-27/h5-6,8-9,12-13H,4,7,10-11H2,1-3H3. The van der Waals surface area contributed by atoms with E-state index in [1.54, 1.807) is 11.0 Å². The molecule has 1 aliphatic heterocycles. The second-order valence-corrected chi connectivity index (χ2v) is 9.27. The molecule has 9 heteroatoms. The number of alkyl halides is 3. The molecule has 4 rings (SSSR count). The summed E-state index contributed by atoms with van der Waals surface area (Å²) >= 11 is 1.42. The molecule has 1 aliphatic rings. The number of nitrogens with zero attached hydrogens (tertiary/aromatic N) is 4. The molecule has 160 valence electrons. The SMILES string of the molecule is CCc1ccc(-c2cc(C(F)(F)F)n3nc(C(=O)N4CC(C)CC(C)C4)cc3n2)s1. The van der Waals surface area contributed by atoms with E-state index in [1.165, 1.54) is 17.4 Å². The third kappa shape index (κ3) is 3.95. The molecular formula is C21H23F3N4OS. The summed E-state index contributed by atoms with van der Waals surface area (Å²) in [5.74, 6) is 0.339. The molecule has 0 N–H and O–H groups in total. The van der Waals surface area contributed by atoms with Crippen molar-refractivity contribution >= 4 is 22.9 Å². The number of amides is 1. The molecule has 0 saturated carbocycles. The van der Waals surface area contributed by atoms with Gasteiger partial charge in [-0.15, -0.1) is 11.3 Å². The van der Waals surface area contributed by atoms with Crippen molar-refractivity contribution in [3.8, 4) is 10.6 Å². The van der Waals surface area contributed by atoms with Crippen LogP contribution in [0.2, 0.25) is 0 Å². The van der Waals surface area contributed by atoms with Gasteiger partial charge in [0.1, 0.15) is 0 Å². The lowest BCUT2D eigenvalue weighted by Crippen LogP contribution is -2.42. The number of piperidine rings is 1. The van der Waals surface area contributed by atoms with E-state index in [1.807, 2.05) is 13.0 Å². The first-order chi connectivity index (χ1) is 14.2. The smallest absolute Gasteiger partial charge is 0.337 e. The lowest BCUT2D eigenvalue weighted by Gasteiger charge is -2.34. The molecule has 0 bridgehead atoms. The second-order valence-electron chi connectivity index (χ2n) is 8.10. The molecule has 0 radical (unpaired) electrons. The number of carbonyl (C=O) groups is 1. The molecule has 4 heterocycles. The van der Waals surface area contributed by atoms with Gasteiger partial charge in [0.05, 0.1) is 10.6 Å².